The number of nitrogens with zero attached hydrogens (tertiary/aromatic N) is 2. The van der Waals surface area contributed by atoms with Gasteiger partial charge in [-0.15, -0.1) is 11.3 Å². The van der Waals surface area contributed by atoms with Gasteiger partial charge in [0.1, 0.15) is 5.69 Å². The summed E-state index contributed by atoms with van der Waals surface area (Å²) in [6.45, 7) is 1.81. The van der Waals surface area contributed by atoms with Gasteiger partial charge in [-0.2, -0.15) is 9.49 Å². The van der Waals surface area contributed by atoms with Crippen LogP contribution in [0.2, 0.25) is 0 Å². The number of halogens is 1. The highest BCUT2D eigenvalue weighted by molar-refractivity contribution is 7.14. The summed E-state index contributed by atoms with van der Waals surface area (Å²) in [7, 11) is 0. The zero-order valence-electron chi connectivity index (χ0n) is 18.7. The predicted molar refractivity (Wildman–Crippen MR) is 139 cm³/mol. The van der Waals surface area contributed by atoms with E-state index in [-0.39, 0.29) is 11.0 Å². The number of thiophene rings is 1. The molecular weight excluding hydrogens is 461 g/mol. The van der Waals surface area contributed by atoms with E-state index in [0.717, 1.165) is 66.1 Å². The summed E-state index contributed by atoms with van der Waals surface area (Å²) in [4.78, 5) is 20.4. The molecule has 6 nitrogen and oxygen atoms in total. The van der Waals surface area contributed by atoms with Gasteiger partial charge in [-0.3, -0.25) is 14.9 Å². The molecule has 0 saturated heterocycles. The summed E-state index contributed by atoms with van der Waals surface area (Å²) in [5.41, 5.74) is 7.04. The molecule has 0 aliphatic heterocycles. The maximum Gasteiger partial charge on any atom is 0.224 e. The van der Waals surface area contributed by atoms with Crippen LogP contribution in [0.3, 0.4) is 0 Å². The monoisotopic (exact) mass is 481 g/mol. The highest BCUT2D eigenvalue weighted by Gasteiger charge is 2.15. The first-order valence-electron chi connectivity index (χ1n) is 11.2. The summed E-state index contributed by atoms with van der Waals surface area (Å²) in [5, 5.41) is 12.3. The fraction of sp³-hybridized carbons (Fsp3) is 0.0741. The molecule has 4 heterocycles. The third kappa shape index (κ3) is 3.87. The summed E-state index contributed by atoms with van der Waals surface area (Å²) >= 11 is 1.14. The number of benzene rings is 2. The number of aromatic amines is 2. The highest BCUT2D eigenvalue weighted by Crippen LogP contribution is 2.37. The van der Waals surface area contributed by atoms with Gasteiger partial charge in [0, 0.05) is 44.9 Å². The lowest BCUT2D eigenvalue weighted by Crippen LogP contribution is -2.09. The van der Waals surface area contributed by atoms with Gasteiger partial charge in [-0.25, -0.2) is 0 Å². The average Bonchev–Trinajstić information content (AvgIpc) is 3.61. The zero-order valence-corrected chi connectivity index (χ0v) is 19.5. The van der Waals surface area contributed by atoms with Crippen molar-refractivity contribution in [3.8, 4) is 33.0 Å². The van der Waals surface area contributed by atoms with E-state index in [0.29, 0.717) is 12.1 Å². The number of carbonyl (C=O) groups is 1. The SMILES string of the molecule is CCC(=O)Nc1cncc(-c2ccc3[nH]nc(-c4cc5c(-c6ccc(F)s6)cccc5[nH]4)c3c2)c1. The van der Waals surface area contributed by atoms with Gasteiger partial charge in [-0.1, -0.05) is 25.1 Å². The number of hydrogen-bond acceptors (Lipinski definition) is 4. The van der Waals surface area contributed by atoms with Crippen LogP contribution in [-0.4, -0.2) is 26.1 Å². The van der Waals surface area contributed by atoms with Crippen molar-refractivity contribution in [1.82, 2.24) is 20.2 Å². The van der Waals surface area contributed by atoms with E-state index in [1.165, 1.54) is 6.07 Å². The minimum atomic E-state index is -0.202. The van der Waals surface area contributed by atoms with E-state index < -0.39 is 0 Å². The molecule has 0 bridgehead atoms. The van der Waals surface area contributed by atoms with Gasteiger partial charge in [0.05, 0.1) is 23.1 Å². The predicted octanol–water partition coefficient (Wildman–Crippen LogP) is 6.99. The summed E-state index contributed by atoms with van der Waals surface area (Å²) in [6.07, 6.45) is 3.82. The molecule has 0 radical (unpaired) electrons. The molecule has 2 aromatic carbocycles. The van der Waals surface area contributed by atoms with Gasteiger partial charge in [0.2, 0.25) is 5.91 Å². The maximum atomic E-state index is 13.7. The lowest BCUT2D eigenvalue weighted by molar-refractivity contribution is -0.115. The molecule has 4 aromatic heterocycles. The molecule has 3 N–H and O–H groups in total. The van der Waals surface area contributed by atoms with Crippen molar-refractivity contribution in [2.24, 2.45) is 0 Å². The number of fused-ring (bicyclic) bond motifs is 2. The molecule has 35 heavy (non-hydrogen) atoms. The molecule has 0 aliphatic rings. The van der Waals surface area contributed by atoms with Crippen LogP contribution in [-0.2, 0) is 4.79 Å². The number of amides is 1. The van der Waals surface area contributed by atoms with Crippen molar-refractivity contribution in [2.75, 3.05) is 5.32 Å². The Labute approximate surface area is 203 Å². The maximum absolute atomic E-state index is 13.7. The minimum absolute atomic E-state index is 0.0556. The van der Waals surface area contributed by atoms with Gasteiger partial charge >= 0.3 is 0 Å². The van der Waals surface area contributed by atoms with Crippen LogP contribution in [0.15, 0.2) is 73.1 Å². The molecule has 6 aromatic rings. The molecule has 0 aliphatic carbocycles. The Morgan fingerprint density at radius 3 is 2.74 bits per heavy atom. The normalized spacial score (nSPS) is 11.4. The van der Waals surface area contributed by atoms with E-state index in [1.807, 2.05) is 49.4 Å². The second-order valence-electron chi connectivity index (χ2n) is 8.25. The van der Waals surface area contributed by atoms with Crippen LogP contribution < -0.4 is 5.32 Å². The third-order valence-corrected chi connectivity index (χ3v) is 6.90. The van der Waals surface area contributed by atoms with Gasteiger partial charge in [-0.05, 0) is 48.0 Å². The second-order valence-corrected chi connectivity index (χ2v) is 9.28. The van der Waals surface area contributed by atoms with Crippen LogP contribution in [0, 0.1) is 5.13 Å². The molecule has 0 unspecified atom stereocenters. The first kappa shape index (κ1) is 21.2. The highest BCUT2D eigenvalue weighted by atomic mass is 32.1. The number of pyridine rings is 1. The molecular formula is C27H20FN5OS. The first-order chi connectivity index (χ1) is 17.1. The number of anilines is 1. The van der Waals surface area contributed by atoms with Crippen LogP contribution in [0.5, 0.6) is 0 Å². The Kier molecular flexibility index (Phi) is 5.15. The van der Waals surface area contributed by atoms with Crippen molar-refractivity contribution in [3.63, 3.8) is 0 Å². The van der Waals surface area contributed by atoms with E-state index in [1.54, 1.807) is 12.4 Å². The smallest absolute Gasteiger partial charge is 0.224 e. The summed E-state index contributed by atoms with van der Waals surface area (Å²) in [5.74, 6) is -0.0556. The summed E-state index contributed by atoms with van der Waals surface area (Å²) < 4.78 is 13.7. The molecule has 8 heteroatoms. The van der Waals surface area contributed by atoms with Crippen LogP contribution in [0.4, 0.5) is 10.1 Å². The fourth-order valence-electron chi connectivity index (χ4n) is 4.27. The largest absolute Gasteiger partial charge is 0.353 e. The van der Waals surface area contributed by atoms with E-state index in [4.69, 9.17) is 0 Å². The zero-order chi connectivity index (χ0) is 23.9. The number of H-pyrrole nitrogens is 2. The van der Waals surface area contributed by atoms with Crippen LogP contribution in [0.1, 0.15) is 13.3 Å². The van der Waals surface area contributed by atoms with E-state index in [9.17, 15) is 9.18 Å². The molecule has 0 fully saturated rings. The number of nitrogens with one attached hydrogen (secondary N) is 3. The topological polar surface area (TPSA) is 86.5 Å². The Balaban J connectivity index is 1.43. The van der Waals surface area contributed by atoms with E-state index in [2.05, 4.69) is 37.6 Å². The molecule has 1 amide bonds. The quantitative estimate of drug-likeness (QED) is 0.248. The van der Waals surface area contributed by atoms with Crippen molar-refractivity contribution in [3.05, 3.63) is 78.2 Å². The van der Waals surface area contributed by atoms with E-state index >= 15 is 0 Å². The third-order valence-electron chi connectivity index (χ3n) is 6.00. The number of hydrogen-bond donors (Lipinski definition) is 3. The molecule has 0 atom stereocenters. The van der Waals surface area contributed by atoms with Crippen molar-refractivity contribution >= 4 is 44.7 Å². The Hall–Kier alpha value is -4.30. The van der Waals surface area contributed by atoms with Gasteiger partial charge in [0.15, 0.2) is 5.13 Å². The Morgan fingerprint density at radius 1 is 1.00 bits per heavy atom. The molecule has 172 valence electrons. The van der Waals surface area contributed by atoms with Crippen molar-refractivity contribution in [1.29, 1.82) is 0 Å². The van der Waals surface area contributed by atoms with Crippen molar-refractivity contribution < 1.29 is 9.18 Å². The average molecular weight is 482 g/mol. The lowest BCUT2D eigenvalue weighted by atomic mass is 10.0. The van der Waals surface area contributed by atoms with Gasteiger partial charge in [0.25, 0.3) is 0 Å². The second kappa shape index (κ2) is 8.48. The summed E-state index contributed by atoms with van der Waals surface area (Å²) in [6, 6.07) is 19.3. The van der Waals surface area contributed by atoms with Crippen LogP contribution in [0.25, 0.3) is 54.8 Å². The molecule has 6 rings (SSSR count). The Bertz CT molecular complexity index is 1710. The standard InChI is InChI=1S/C27H20FN5OS/c1-2-26(34)30-17-10-16(13-29-14-17)15-6-7-22-20(11-15)27(33-32-22)23-12-19-18(4-3-5-21(19)31-23)24-8-9-25(28)35-24/h3-14,31H,2H2,1H3,(H,30,34)(H,32,33). The lowest BCUT2D eigenvalue weighted by Gasteiger charge is -2.06. The Morgan fingerprint density at radius 2 is 1.91 bits per heavy atom. The minimum Gasteiger partial charge on any atom is -0.353 e. The molecule has 0 spiro atoms. The van der Waals surface area contributed by atoms with Crippen LogP contribution >= 0.6 is 11.3 Å². The first-order valence-corrected chi connectivity index (χ1v) is 12.0. The number of carbonyl (C=O) groups excluding carboxylic acids is 1. The number of aromatic nitrogens is 4. The number of rotatable bonds is 5. The fourth-order valence-corrected chi connectivity index (χ4v) is 5.04. The van der Waals surface area contributed by atoms with Gasteiger partial charge < -0.3 is 10.3 Å². The molecule has 0 saturated carbocycles. The van der Waals surface area contributed by atoms with Crippen molar-refractivity contribution in [2.45, 2.75) is 13.3 Å².